The monoisotopic (exact) mass is 597 g/mol. The van der Waals surface area contributed by atoms with Crippen molar-refractivity contribution in [3.8, 4) is 11.5 Å². The minimum Gasteiger partial charge on any atom is -0.489 e. The standard InChI is InChI=1S/C31H37ClFN5O4/c1-3-29(37-10-8-22(9-11-37)38-15-19(2)41-30(39)16-38)42-28-13-23-26(14-27(28)40-17-20-4-5-20)34-18-35-31(23)36-21-6-7-25(33)24(32)12-21/h6-7,12-14,18-20,22,29H,3-5,8-11,15-17H2,1-2H3,(H,34,35,36). The Morgan fingerprint density at radius 2 is 1.95 bits per heavy atom. The first-order valence-corrected chi connectivity index (χ1v) is 15.2. The van der Waals surface area contributed by atoms with Gasteiger partial charge in [-0.3, -0.25) is 14.6 Å². The Balaban J connectivity index is 1.22. The highest BCUT2D eigenvalue weighted by molar-refractivity contribution is 6.31. The number of benzene rings is 2. The van der Waals surface area contributed by atoms with Crippen LogP contribution in [0.15, 0.2) is 36.7 Å². The minimum absolute atomic E-state index is 0.0300. The third kappa shape index (κ3) is 6.71. The Bertz CT molecular complexity index is 1430. The predicted molar refractivity (Wildman–Crippen MR) is 159 cm³/mol. The van der Waals surface area contributed by atoms with E-state index in [1.54, 1.807) is 6.07 Å². The molecule has 11 heteroatoms. The number of morpholine rings is 1. The highest BCUT2D eigenvalue weighted by Gasteiger charge is 2.33. The Morgan fingerprint density at radius 3 is 2.67 bits per heavy atom. The fraction of sp³-hybridized carbons (Fsp3) is 0.516. The molecule has 3 aliphatic rings. The number of ether oxygens (including phenoxy) is 3. The number of nitrogens with one attached hydrogen (secondary N) is 1. The molecule has 2 aliphatic heterocycles. The molecule has 0 radical (unpaired) electrons. The van der Waals surface area contributed by atoms with Crippen LogP contribution in [0.2, 0.25) is 5.02 Å². The van der Waals surface area contributed by atoms with Gasteiger partial charge in [0.15, 0.2) is 17.7 Å². The van der Waals surface area contributed by atoms with Gasteiger partial charge in [-0.2, -0.15) is 0 Å². The molecule has 0 amide bonds. The van der Waals surface area contributed by atoms with E-state index >= 15 is 0 Å². The van der Waals surface area contributed by atoms with Crippen LogP contribution in [0.4, 0.5) is 15.9 Å². The molecule has 2 unspecified atom stereocenters. The van der Waals surface area contributed by atoms with Gasteiger partial charge in [0.25, 0.3) is 0 Å². The molecule has 0 bridgehead atoms. The topological polar surface area (TPSA) is 89.0 Å². The summed E-state index contributed by atoms with van der Waals surface area (Å²) in [5.41, 5.74) is 1.32. The Morgan fingerprint density at radius 1 is 1.14 bits per heavy atom. The first-order valence-electron chi connectivity index (χ1n) is 14.8. The van der Waals surface area contributed by atoms with Gasteiger partial charge in [-0.25, -0.2) is 14.4 Å². The van der Waals surface area contributed by atoms with Crippen LogP contribution in [-0.4, -0.2) is 76.9 Å². The van der Waals surface area contributed by atoms with E-state index in [2.05, 4.69) is 32.0 Å². The number of piperidine rings is 1. The fourth-order valence-corrected chi connectivity index (χ4v) is 5.99. The number of likely N-dealkylation sites (tertiary alicyclic amines) is 1. The zero-order chi connectivity index (χ0) is 29.2. The number of halogens is 2. The van der Waals surface area contributed by atoms with Crippen molar-refractivity contribution in [1.82, 2.24) is 19.8 Å². The lowest BCUT2D eigenvalue weighted by molar-refractivity contribution is -0.159. The molecule has 1 saturated carbocycles. The number of hydrogen-bond donors (Lipinski definition) is 1. The number of esters is 1. The minimum atomic E-state index is -0.481. The van der Waals surface area contributed by atoms with Gasteiger partial charge in [0.1, 0.15) is 24.1 Å². The van der Waals surface area contributed by atoms with Crippen molar-refractivity contribution in [3.05, 3.63) is 47.5 Å². The average molecular weight is 598 g/mol. The molecule has 1 N–H and O–H groups in total. The number of anilines is 2. The molecular weight excluding hydrogens is 561 g/mol. The van der Waals surface area contributed by atoms with Gasteiger partial charge in [0, 0.05) is 42.8 Å². The van der Waals surface area contributed by atoms with Crippen LogP contribution in [0, 0.1) is 11.7 Å². The number of carbonyl (C=O) groups excluding carboxylic acids is 1. The zero-order valence-electron chi connectivity index (χ0n) is 24.0. The molecule has 2 aromatic carbocycles. The van der Waals surface area contributed by atoms with E-state index in [4.69, 9.17) is 25.8 Å². The molecule has 1 aromatic heterocycles. The molecule has 0 spiro atoms. The summed E-state index contributed by atoms with van der Waals surface area (Å²) in [4.78, 5) is 25.6. The summed E-state index contributed by atoms with van der Waals surface area (Å²) < 4.78 is 32.0. The lowest BCUT2D eigenvalue weighted by Crippen LogP contribution is -2.54. The van der Waals surface area contributed by atoms with E-state index in [-0.39, 0.29) is 23.3 Å². The highest BCUT2D eigenvalue weighted by Crippen LogP contribution is 2.38. The molecule has 6 rings (SSSR count). The molecule has 3 fully saturated rings. The predicted octanol–water partition coefficient (Wildman–Crippen LogP) is 5.78. The van der Waals surface area contributed by atoms with Crippen LogP contribution >= 0.6 is 11.6 Å². The van der Waals surface area contributed by atoms with Gasteiger partial charge >= 0.3 is 5.97 Å². The summed E-state index contributed by atoms with van der Waals surface area (Å²) in [6, 6.07) is 8.66. The Hall–Kier alpha value is -3.21. The maximum Gasteiger partial charge on any atom is 0.320 e. The second-order valence-corrected chi connectivity index (χ2v) is 11.9. The second kappa shape index (κ2) is 12.6. The van der Waals surface area contributed by atoms with Crippen molar-refractivity contribution in [2.24, 2.45) is 5.92 Å². The third-order valence-electron chi connectivity index (χ3n) is 8.25. The molecule has 42 heavy (non-hydrogen) atoms. The lowest BCUT2D eigenvalue weighted by Gasteiger charge is -2.42. The van der Waals surface area contributed by atoms with Crippen LogP contribution in [0.1, 0.15) is 46.0 Å². The van der Waals surface area contributed by atoms with Crippen molar-refractivity contribution < 1.29 is 23.4 Å². The van der Waals surface area contributed by atoms with Crippen LogP contribution in [0.3, 0.4) is 0 Å². The number of fused-ring (bicyclic) bond motifs is 1. The van der Waals surface area contributed by atoms with E-state index in [0.29, 0.717) is 53.6 Å². The van der Waals surface area contributed by atoms with Crippen LogP contribution < -0.4 is 14.8 Å². The van der Waals surface area contributed by atoms with E-state index in [0.717, 1.165) is 44.3 Å². The van der Waals surface area contributed by atoms with Crippen LogP contribution in [-0.2, 0) is 9.53 Å². The molecule has 224 valence electrons. The summed E-state index contributed by atoms with van der Waals surface area (Å²) >= 11 is 6.01. The molecule has 3 heterocycles. The van der Waals surface area contributed by atoms with Crippen molar-refractivity contribution in [1.29, 1.82) is 0 Å². The SMILES string of the molecule is CCC(Oc1cc2c(Nc3ccc(F)c(Cl)c3)ncnc2cc1OCC1CC1)N1CCC(N2CC(=O)OC(C)C2)CC1. The number of rotatable bonds is 10. The van der Waals surface area contributed by atoms with E-state index in [1.807, 2.05) is 19.1 Å². The summed E-state index contributed by atoms with van der Waals surface area (Å²) in [6.45, 7) is 7.61. The second-order valence-electron chi connectivity index (χ2n) is 11.5. The quantitative estimate of drug-likeness (QED) is 0.292. The van der Waals surface area contributed by atoms with Gasteiger partial charge in [0.05, 0.1) is 23.7 Å². The van der Waals surface area contributed by atoms with Crippen LogP contribution in [0.5, 0.6) is 11.5 Å². The molecule has 1 aliphatic carbocycles. The smallest absolute Gasteiger partial charge is 0.320 e. The largest absolute Gasteiger partial charge is 0.489 e. The zero-order valence-corrected chi connectivity index (χ0v) is 24.8. The summed E-state index contributed by atoms with van der Waals surface area (Å²) in [5.74, 6) is 1.82. The Kier molecular flexibility index (Phi) is 8.65. The van der Waals surface area contributed by atoms with Crippen molar-refractivity contribution in [2.45, 2.75) is 64.3 Å². The van der Waals surface area contributed by atoms with Crippen molar-refractivity contribution in [3.63, 3.8) is 0 Å². The number of hydrogen-bond acceptors (Lipinski definition) is 9. The molecule has 9 nitrogen and oxygen atoms in total. The van der Waals surface area contributed by atoms with Gasteiger partial charge in [-0.05, 0) is 69.2 Å². The van der Waals surface area contributed by atoms with Crippen molar-refractivity contribution >= 4 is 40.0 Å². The summed E-state index contributed by atoms with van der Waals surface area (Å²) in [6.07, 6.45) is 6.36. The highest BCUT2D eigenvalue weighted by atomic mass is 35.5. The van der Waals surface area contributed by atoms with Gasteiger partial charge < -0.3 is 19.5 Å². The summed E-state index contributed by atoms with van der Waals surface area (Å²) in [5, 5.41) is 4.03. The first kappa shape index (κ1) is 28.9. The summed E-state index contributed by atoms with van der Waals surface area (Å²) in [7, 11) is 0. The third-order valence-corrected chi connectivity index (χ3v) is 8.54. The normalized spacial score (nSPS) is 21.2. The molecule has 2 saturated heterocycles. The number of cyclic esters (lactones) is 1. The van der Waals surface area contributed by atoms with Crippen LogP contribution in [0.25, 0.3) is 10.9 Å². The van der Waals surface area contributed by atoms with E-state index in [9.17, 15) is 9.18 Å². The maximum atomic E-state index is 13.7. The molecule has 3 aromatic rings. The van der Waals surface area contributed by atoms with E-state index in [1.165, 1.54) is 31.3 Å². The van der Waals surface area contributed by atoms with Crippen molar-refractivity contribution in [2.75, 3.05) is 38.1 Å². The number of nitrogens with zero attached hydrogens (tertiary/aromatic N) is 4. The fourth-order valence-electron chi connectivity index (χ4n) is 5.81. The lowest BCUT2D eigenvalue weighted by atomic mass is 10.0. The average Bonchev–Trinajstić information content (AvgIpc) is 3.81. The van der Waals surface area contributed by atoms with Gasteiger partial charge in [-0.1, -0.05) is 18.5 Å². The van der Waals surface area contributed by atoms with Gasteiger partial charge in [0.2, 0.25) is 0 Å². The van der Waals surface area contributed by atoms with E-state index < -0.39 is 5.82 Å². The first-order chi connectivity index (χ1) is 20.4. The number of aromatic nitrogens is 2. The molecule has 2 atom stereocenters. The Labute approximate surface area is 250 Å². The van der Waals surface area contributed by atoms with Gasteiger partial charge in [-0.15, -0.1) is 0 Å². The molecular formula is C31H37ClFN5O4. The maximum absolute atomic E-state index is 13.7. The number of carbonyl (C=O) groups is 1.